The second kappa shape index (κ2) is 8.58. The molecule has 7 nitrogen and oxygen atoms in total. The number of benzene rings is 1. The Hall–Kier alpha value is -2.64. The van der Waals surface area contributed by atoms with Gasteiger partial charge in [-0.1, -0.05) is 6.07 Å². The van der Waals surface area contributed by atoms with Gasteiger partial charge in [0, 0.05) is 24.0 Å². The van der Waals surface area contributed by atoms with Crippen LogP contribution in [0.25, 0.3) is 11.5 Å². The molecular formula is C20H24ClN5O2. The number of piperidine rings is 1. The van der Waals surface area contributed by atoms with Crippen LogP contribution in [0.1, 0.15) is 40.6 Å². The van der Waals surface area contributed by atoms with Crippen molar-refractivity contribution in [1.29, 1.82) is 0 Å². The largest absolute Gasteiger partial charge is 0.444 e. The Kier molecular flexibility index (Phi) is 6.16. The molecular weight excluding hydrogens is 378 g/mol. The number of nitrogens with one attached hydrogen (secondary N) is 2. The number of carbonyl (C=O) groups is 1. The van der Waals surface area contributed by atoms with Crippen molar-refractivity contribution in [3.8, 4) is 11.5 Å². The number of oxazole rings is 1. The van der Waals surface area contributed by atoms with Gasteiger partial charge in [-0.2, -0.15) is 5.10 Å². The first kappa shape index (κ1) is 20.1. The number of carbonyl (C=O) groups excluding carboxylic acids is 1. The lowest BCUT2D eigenvalue weighted by atomic mass is 10.1. The third kappa shape index (κ3) is 4.26. The van der Waals surface area contributed by atoms with E-state index in [1.165, 1.54) is 0 Å². The Balaban J connectivity index is 0.00000225. The fourth-order valence-electron chi connectivity index (χ4n) is 3.28. The number of rotatable bonds is 4. The first-order chi connectivity index (χ1) is 13.1. The van der Waals surface area contributed by atoms with Crippen LogP contribution in [-0.4, -0.2) is 33.8 Å². The van der Waals surface area contributed by atoms with E-state index in [0.29, 0.717) is 17.6 Å². The van der Waals surface area contributed by atoms with Gasteiger partial charge in [0.05, 0.1) is 11.7 Å². The molecule has 3 heterocycles. The summed E-state index contributed by atoms with van der Waals surface area (Å²) < 4.78 is 7.35. The van der Waals surface area contributed by atoms with E-state index in [2.05, 4.69) is 20.7 Å². The van der Waals surface area contributed by atoms with Crippen LogP contribution in [-0.2, 0) is 0 Å². The highest BCUT2D eigenvalue weighted by molar-refractivity contribution is 6.03. The number of anilines is 1. The average Bonchev–Trinajstić information content (AvgIpc) is 3.34. The van der Waals surface area contributed by atoms with Crippen molar-refractivity contribution in [2.45, 2.75) is 32.7 Å². The number of aromatic nitrogens is 3. The van der Waals surface area contributed by atoms with E-state index < -0.39 is 0 Å². The molecule has 0 saturated carbocycles. The van der Waals surface area contributed by atoms with Gasteiger partial charge in [0.1, 0.15) is 6.26 Å². The molecule has 1 saturated heterocycles. The summed E-state index contributed by atoms with van der Waals surface area (Å²) in [5.41, 5.74) is 3.74. The molecule has 3 aromatic rings. The number of hydrogen-bond donors (Lipinski definition) is 2. The lowest BCUT2D eigenvalue weighted by Crippen LogP contribution is -2.32. The lowest BCUT2D eigenvalue weighted by Gasteiger charge is -2.22. The van der Waals surface area contributed by atoms with Crippen LogP contribution < -0.4 is 10.6 Å². The van der Waals surface area contributed by atoms with Crippen LogP contribution in [0.4, 0.5) is 5.69 Å². The zero-order valence-electron chi connectivity index (χ0n) is 15.9. The highest BCUT2D eigenvalue weighted by atomic mass is 35.5. The second-order valence-electron chi connectivity index (χ2n) is 6.96. The SMILES string of the molecule is Cc1coc(-c2ccc(C)c(NC(=O)c3ccn(C4CCCNC4)n3)c2)n1.Cl. The smallest absolute Gasteiger partial charge is 0.276 e. The minimum Gasteiger partial charge on any atom is -0.444 e. The van der Waals surface area contributed by atoms with Crippen molar-refractivity contribution in [3.63, 3.8) is 0 Å². The van der Waals surface area contributed by atoms with Gasteiger partial charge in [0.25, 0.3) is 5.91 Å². The Bertz CT molecular complexity index is 959. The lowest BCUT2D eigenvalue weighted by molar-refractivity contribution is 0.102. The van der Waals surface area contributed by atoms with E-state index in [1.54, 1.807) is 12.3 Å². The number of nitrogens with zero attached hydrogens (tertiary/aromatic N) is 3. The highest BCUT2D eigenvalue weighted by Crippen LogP contribution is 2.25. The monoisotopic (exact) mass is 401 g/mol. The van der Waals surface area contributed by atoms with E-state index in [-0.39, 0.29) is 18.3 Å². The van der Waals surface area contributed by atoms with Crippen molar-refractivity contribution in [2.75, 3.05) is 18.4 Å². The molecule has 0 aliphatic carbocycles. The van der Waals surface area contributed by atoms with Gasteiger partial charge < -0.3 is 15.1 Å². The molecule has 2 aromatic heterocycles. The fraction of sp³-hybridized carbons (Fsp3) is 0.350. The van der Waals surface area contributed by atoms with Crippen molar-refractivity contribution < 1.29 is 9.21 Å². The molecule has 8 heteroatoms. The van der Waals surface area contributed by atoms with Crippen LogP contribution in [0.15, 0.2) is 41.1 Å². The molecule has 0 radical (unpaired) electrons. The van der Waals surface area contributed by atoms with E-state index in [0.717, 1.165) is 48.4 Å². The number of halogens is 1. The van der Waals surface area contributed by atoms with Crippen LogP contribution in [0, 0.1) is 13.8 Å². The predicted molar refractivity (Wildman–Crippen MR) is 110 cm³/mol. The zero-order chi connectivity index (χ0) is 18.8. The van der Waals surface area contributed by atoms with Crippen LogP contribution in [0.5, 0.6) is 0 Å². The Morgan fingerprint density at radius 2 is 2.18 bits per heavy atom. The predicted octanol–water partition coefficient (Wildman–Crippen LogP) is 3.75. The summed E-state index contributed by atoms with van der Waals surface area (Å²) in [5.74, 6) is 0.318. The molecule has 4 rings (SSSR count). The highest BCUT2D eigenvalue weighted by Gasteiger charge is 2.18. The summed E-state index contributed by atoms with van der Waals surface area (Å²) in [7, 11) is 0. The summed E-state index contributed by atoms with van der Waals surface area (Å²) in [4.78, 5) is 17.0. The normalized spacial score (nSPS) is 16.4. The molecule has 0 bridgehead atoms. The molecule has 28 heavy (non-hydrogen) atoms. The number of aryl methyl sites for hydroxylation is 2. The molecule has 1 aliphatic rings. The molecule has 0 spiro atoms. The van der Waals surface area contributed by atoms with E-state index >= 15 is 0 Å². The topological polar surface area (TPSA) is 85.0 Å². The average molecular weight is 402 g/mol. The van der Waals surface area contributed by atoms with Gasteiger partial charge in [-0.15, -0.1) is 12.4 Å². The summed E-state index contributed by atoms with van der Waals surface area (Å²) in [5, 5.41) is 10.8. The van der Waals surface area contributed by atoms with Crippen molar-refractivity contribution in [2.24, 2.45) is 0 Å². The first-order valence-corrected chi connectivity index (χ1v) is 9.20. The van der Waals surface area contributed by atoms with E-state index in [9.17, 15) is 4.79 Å². The van der Waals surface area contributed by atoms with Gasteiger partial charge >= 0.3 is 0 Å². The van der Waals surface area contributed by atoms with Gasteiger partial charge in [-0.25, -0.2) is 4.98 Å². The molecule has 1 aromatic carbocycles. The molecule has 1 fully saturated rings. The maximum atomic E-state index is 12.7. The number of amides is 1. The Morgan fingerprint density at radius 3 is 2.89 bits per heavy atom. The second-order valence-corrected chi connectivity index (χ2v) is 6.96. The number of hydrogen-bond acceptors (Lipinski definition) is 5. The summed E-state index contributed by atoms with van der Waals surface area (Å²) >= 11 is 0. The maximum Gasteiger partial charge on any atom is 0.276 e. The first-order valence-electron chi connectivity index (χ1n) is 9.20. The molecule has 148 valence electrons. The Morgan fingerprint density at radius 1 is 1.32 bits per heavy atom. The van der Waals surface area contributed by atoms with Crippen LogP contribution >= 0.6 is 12.4 Å². The van der Waals surface area contributed by atoms with Crippen molar-refractivity contribution >= 4 is 24.0 Å². The molecule has 2 N–H and O–H groups in total. The Labute approximate surface area is 169 Å². The summed E-state index contributed by atoms with van der Waals surface area (Å²) in [6, 6.07) is 7.82. The van der Waals surface area contributed by atoms with Gasteiger partial charge in [-0.05, 0) is 57.0 Å². The standard InChI is InChI=1S/C20H23N5O2.ClH/c1-13-5-6-15(20-22-14(2)12-27-20)10-18(13)23-19(26)17-7-9-25(24-17)16-4-3-8-21-11-16;/h5-7,9-10,12,16,21H,3-4,8,11H2,1-2H3,(H,23,26);1H. The third-order valence-corrected chi connectivity index (χ3v) is 4.84. The summed E-state index contributed by atoms with van der Waals surface area (Å²) in [6.45, 7) is 5.76. The minimum atomic E-state index is -0.221. The van der Waals surface area contributed by atoms with E-state index in [1.807, 2.05) is 42.9 Å². The van der Waals surface area contributed by atoms with Crippen LogP contribution in [0.3, 0.4) is 0 Å². The van der Waals surface area contributed by atoms with Crippen LogP contribution in [0.2, 0.25) is 0 Å². The van der Waals surface area contributed by atoms with Crippen molar-refractivity contribution in [1.82, 2.24) is 20.1 Å². The zero-order valence-corrected chi connectivity index (χ0v) is 16.8. The van der Waals surface area contributed by atoms with Gasteiger partial charge in [-0.3, -0.25) is 9.48 Å². The minimum absolute atomic E-state index is 0. The molecule has 1 aliphatic heterocycles. The molecule has 1 unspecified atom stereocenters. The molecule has 1 amide bonds. The third-order valence-electron chi connectivity index (χ3n) is 4.84. The fourth-order valence-corrected chi connectivity index (χ4v) is 3.28. The van der Waals surface area contributed by atoms with Gasteiger partial charge in [0.2, 0.25) is 5.89 Å². The molecule has 1 atom stereocenters. The van der Waals surface area contributed by atoms with Crippen molar-refractivity contribution in [3.05, 3.63) is 53.7 Å². The summed E-state index contributed by atoms with van der Waals surface area (Å²) in [6.07, 6.45) is 5.69. The maximum absolute atomic E-state index is 12.7. The quantitative estimate of drug-likeness (QED) is 0.695. The van der Waals surface area contributed by atoms with Gasteiger partial charge in [0.15, 0.2) is 5.69 Å². The van der Waals surface area contributed by atoms with E-state index in [4.69, 9.17) is 4.42 Å².